The highest BCUT2D eigenvalue weighted by molar-refractivity contribution is 7.25. The quantitative estimate of drug-likeness (QED) is 0.185. The molecule has 0 spiro atoms. The molecule has 0 aliphatic heterocycles. The van der Waals surface area contributed by atoms with Crippen LogP contribution in [0.4, 0.5) is 0 Å². The first-order valence-corrected chi connectivity index (χ1v) is 17.4. The van der Waals surface area contributed by atoms with E-state index in [1.807, 2.05) is 66.1 Å². The number of benzene rings is 6. The Labute approximate surface area is 292 Å². The SMILES string of the molecule is c1ccc(-c2cc(-c3ccc(-c4ccccn4)cc3)nc(-c3ccc(-c4cccc5sc6ccccc6c45)c4c3oc3ccccc34)n2)cc1. The summed E-state index contributed by atoms with van der Waals surface area (Å²) >= 11 is 1.83. The first-order valence-electron chi connectivity index (χ1n) is 16.6. The van der Waals surface area contributed by atoms with E-state index in [1.54, 1.807) is 0 Å². The summed E-state index contributed by atoms with van der Waals surface area (Å²) < 4.78 is 9.31. The first-order chi connectivity index (χ1) is 24.8. The molecule has 4 aromatic heterocycles. The molecule has 0 atom stereocenters. The van der Waals surface area contributed by atoms with Crippen molar-refractivity contribution in [1.29, 1.82) is 0 Å². The molecule has 0 saturated heterocycles. The zero-order valence-electron chi connectivity index (χ0n) is 26.7. The molecule has 0 radical (unpaired) electrons. The van der Waals surface area contributed by atoms with Gasteiger partial charge in [0.25, 0.3) is 0 Å². The average Bonchev–Trinajstić information content (AvgIpc) is 3.77. The number of aromatic nitrogens is 3. The van der Waals surface area contributed by atoms with E-state index in [0.29, 0.717) is 5.82 Å². The number of furan rings is 1. The van der Waals surface area contributed by atoms with Crippen molar-refractivity contribution in [2.24, 2.45) is 0 Å². The molecule has 0 unspecified atom stereocenters. The van der Waals surface area contributed by atoms with Crippen LogP contribution in [-0.4, -0.2) is 15.0 Å². The van der Waals surface area contributed by atoms with E-state index in [4.69, 9.17) is 14.4 Å². The van der Waals surface area contributed by atoms with Crippen molar-refractivity contribution in [2.75, 3.05) is 0 Å². The van der Waals surface area contributed by atoms with Crippen LogP contribution < -0.4 is 0 Å². The summed E-state index contributed by atoms with van der Waals surface area (Å²) in [7, 11) is 0. The molecule has 10 aromatic rings. The van der Waals surface area contributed by atoms with Gasteiger partial charge in [-0.15, -0.1) is 11.3 Å². The van der Waals surface area contributed by atoms with Gasteiger partial charge in [-0.2, -0.15) is 0 Å². The monoisotopic (exact) mass is 657 g/mol. The van der Waals surface area contributed by atoms with Gasteiger partial charge in [0, 0.05) is 53.8 Å². The second-order valence-electron chi connectivity index (χ2n) is 12.4. The van der Waals surface area contributed by atoms with Crippen LogP contribution in [0.3, 0.4) is 0 Å². The van der Waals surface area contributed by atoms with E-state index in [1.165, 1.54) is 25.7 Å². The van der Waals surface area contributed by atoms with Gasteiger partial charge in [-0.25, -0.2) is 9.97 Å². The minimum atomic E-state index is 0.616. The van der Waals surface area contributed by atoms with Crippen molar-refractivity contribution >= 4 is 53.4 Å². The Morgan fingerprint density at radius 2 is 1.08 bits per heavy atom. The molecule has 6 aromatic carbocycles. The standard InChI is InChI=1S/C45H27N3OS/c1-2-11-28(12-3-1)37-27-38(30-22-20-29(21-23-30)36-16-8-9-26-46-36)48-45(47-37)35-25-24-32(43-33-13-4-6-17-39(33)49-44(35)43)31-15-10-19-41-42(31)34-14-5-7-18-40(34)50-41/h1-27H. The lowest BCUT2D eigenvalue weighted by Crippen LogP contribution is -1.96. The van der Waals surface area contributed by atoms with Crippen molar-refractivity contribution in [3.05, 3.63) is 164 Å². The Balaban J connectivity index is 1.21. The van der Waals surface area contributed by atoms with Crippen LogP contribution in [-0.2, 0) is 0 Å². The molecule has 5 heteroatoms. The van der Waals surface area contributed by atoms with E-state index >= 15 is 0 Å². The zero-order chi connectivity index (χ0) is 33.0. The van der Waals surface area contributed by atoms with Crippen LogP contribution >= 0.6 is 11.3 Å². The second kappa shape index (κ2) is 11.6. The lowest BCUT2D eigenvalue weighted by Gasteiger charge is -2.12. The topological polar surface area (TPSA) is 51.8 Å². The third-order valence-corrected chi connectivity index (χ3v) is 10.5. The van der Waals surface area contributed by atoms with Crippen molar-refractivity contribution in [3.8, 4) is 56.3 Å². The number of pyridine rings is 1. The van der Waals surface area contributed by atoms with Gasteiger partial charge in [0.1, 0.15) is 11.2 Å². The second-order valence-corrected chi connectivity index (χ2v) is 13.4. The number of fused-ring (bicyclic) bond motifs is 6. The normalized spacial score (nSPS) is 11.6. The molecule has 10 rings (SSSR count). The molecule has 0 fully saturated rings. The van der Waals surface area contributed by atoms with Crippen molar-refractivity contribution in [1.82, 2.24) is 15.0 Å². The molecule has 4 nitrogen and oxygen atoms in total. The van der Waals surface area contributed by atoms with Crippen LogP contribution in [0.15, 0.2) is 168 Å². The summed E-state index contributed by atoms with van der Waals surface area (Å²) in [6, 6.07) is 54.7. The fourth-order valence-corrected chi connectivity index (χ4v) is 8.18. The van der Waals surface area contributed by atoms with E-state index < -0.39 is 0 Å². The number of nitrogens with zero attached hydrogens (tertiary/aromatic N) is 3. The zero-order valence-corrected chi connectivity index (χ0v) is 27.6. The highest BCUT2D eigenvalue weighted by Gasteiger charge is 2.22. The molecule has 0 aliphatic carbocycles. The van der Waals surface area contributed by atoms with E-state index in [2.05, 4.69) is 114 Å². The number of para-hydroxylation sites is 1. The van der Waals surface area contributed by atoms with Crippen molar-refractivity contribution < 1.29 is 4.42 Å². The summed E-state index contributed by atoms with van der Waals surface area (Å²) in [5.41, 5.74) is 10.5. The fraction of sp³-hybridized carbons (Fsp3) is 0. The molecule has 0 amide bonds. The van der Waals surface area contributed by atoms with Gasteiger partial charge in [-0.05, 0) is 53.6 Å². The van der Waals surface area contributed by atoms with E-state index in [0.717, 1.165) is 66.8 Å². The summed E-state index contributed by atoms with van der Waals surface area (Å²) in [4.78, 5) is 14.9. The average molecular weight is 658 g/mol. The maximum Gasteiger partial charge on any atom is 0.164 e. The van der Waals surface area contributed by atoms with Crippen LogP contribution in [0.1, 0.15) is 0 Å². The van der Waals surface area contributed by atoms with Crippen LogP contribution in [0.5, 0.6) is 0 Å². The third kappa shape index (κ3) is 4.71. The van der Waals surface area contributed by atoms with E-state index in [-0.39, 0.29) is 0 Å². The molecule has 234 valence electrons. The lowest BCUT2D eigenvalue weighted by molar-refractivity contribution is 0.669. The Bertz CT molecular complexity index is 2860. The van der Waals surface area contributed by atoms with Gasteiger partial charge < -0.3 is 4.42 Å². The Hall–Kier alpha value is -6.43. The summed E-state index contributed by atoms with van der Waals surface area (Å²) in [5, 5.41) is 4.67. The molecule has 0 bridgehead atoms. The molecule has 0 aliphatic rings. The van der Waals surface area contributed by atoms with Crippen LogP contribution in [0.2, 0.25) is 0 Å². The van der Waals surface area contributed by atoms with Crippen molar-refractivity contribution in [3.63, 3.8) is 0 Å². The largest absolute Gasteiger partial charge is 0.455 e. The maximum absolute atomic E-state index is 6.75. The highest BCUT2D eigenvalue weighted by atomic mass is 32.1. The minimum Gasteiger partial charge on any atom is -0.455 e. The van der Waals surface area contributed by atoms with Gasteiger partial charge >= 0.3 is 0 Å². The van der Waals surface area contributed by atoms with Gasteiger partial charge in [0.15, 0.2) is 5.82 Å². The Morgan fingerprint density at radius 1 is 0.440 bits per heavy atom. The predicted molar refractivity (Wildman–Crippen MR) is 207 cm³/mol. The van der Waals surface area contributed by atoms with Gasteiger partial charge in [0.2, 0.25) is 0 Å². The highest BCUT2D eigenvalue weighted by Crippen LogP contribution is 2.46. The van der Waals surface area contributed by atoms with Gasteiger partial charge in [-0.1, -0.05) is 115 Å². The van der Waals surface area contributed by atoms with E-state index in [9.17, 15) is 0 Å². The predicted octanol–water partition coefficient (Wildman–Crippen LogP) is 12.5. The van der Waals surface area contributed by atoms with Crippen LogP contribution in [0.25, 0.3) is 98.4 Å². The van der Waals surface area contributed by atoms with Crippen molar-refractivity contribution in [2.45, 2.75) is 0 Å². The summed E-state index contributed by atoms with van der Waals surface area (Å²) in [5.74, 6) is 0.616. The first kappa shape index (κ1) is 28.6. The lowest BCUT2D eigenvalue weighted by atomic mass is 9.93. The number of hydrogen-bond donors (Lipinski definition) is 0. The molecule has 0 N–H and O–H groups in total. The molecule has 4 heterocycles. The number of thiophene rings is 1. The number of rotatable bonds is 5. The Morgan fingerprint density at radius 3 is 1.88 bits per heavy atom. The number of hydrogen-bond acceptors (Lipinski definition) is 5. The Kier molecular flexibility index (Phi) is 6.64. The maximum atomic E-state index is 6.75. The molecular formula is C45H27N3OS. The summed E-state index contributed by atoms with van der Waals surface area (Å²) in [6.07, 6.45) is 1.82. The fourth-order valence-electron chi connectivity index (χ4n) is 7.05. The van der Waals surface area contributed by atoms with Gasteiger partial charge in [-0.3, -0.25) is 4.98 Å². The summed E-state index contributed by atoms with van der Waals surface area (Å²) in [6.45, 7) is 0. The molecule has 0 saturated carbocycles. The minimum absolute atomic E-state index is 0.616. The van der Waals surface area contributed by atoms with Crippen LogP contribution in [0, 0.1) is 0 Å². The smallest absolute Gasteiger partial charge is 0.164 e. The molecule has 50 heavy (non-hydrogen) atoms. The third-order valence-electron chi connectivity index (χ3n) is 9.40. The molecular weight excluding hydrogens is 631 g/mol. The van der Waals surface area contributed by atoms with Gasteiger partial charge in [0.05, 0.1) is 22.6 Å².